The van der Waals surface area contributed by atoms with E-state index in [1.54, 1.807) is 0 Å². The summed E-state index contributed by atoms with van der Waals surface area (Å²) in [5, 5.41) is 0. The Kier molecular flexibility index (Phi) is 2.48. The average Bonchev–Trinajstić information content (AvgIpc) is 2.40. The van der Waals surface area contributed by atoms with Crippen molar-refractivity contribution >= 4 is 5.69 Å². The SMILES string of the molecule is CN1CCOc2cc(-c3ccccc3)ccc21. The van der Waals surface area contributed by atoms with Crippen molar-refractivity contribution < 1.29 is 4.74 Å². The van der Waals surface area contributed by atoms with E-state index in [9.17, 15) is 0 Å². The predicted octanol–water partition coefficient (Wildman–Crippen LogP) is 3.18. The van der Waals surface area contributed by atoms with Gasteiger partial charge in [0.05, 0.1) is 12.2 Å². The molecule has 0 aromatic heterocycles. The van der Waals surface area contributed by atoms with Gasteiger partial charge in [0.2, 0.25) is 0 Å². The first-order chi connectivity index (χ1) is 8.34. The van der Waals surface area contributed by atoms with Gasteiger partial charge in [0.1, 0.15) is 12.4 Å². The quantitative estimate of drug-likeness (QED) is 0.739. The number of ether oxygens (including phenoxy) is 1. The van der Waals surface area contributed by atoms with Crippen LogP contribution >= 0.6 is 0 Å². The lowest BCUT2D eigenvalue weighted by atomic mass is 10.0. The van der Waals surface area contributed by atoms with Gasteiger partial charge in [-0.2, -0.15) is 0 Å². The zero-order chi connectivity index (χ0) is 11.7. The third kappa shape index (κ3) is 1.86. The van der Waals surface area contributed by atoms with Crippen LogP contribution in [0.3, 0.4) is 0 Å². The van der Waals surface area contributed by atoms with Gasteiger partial charge in [-0.05, 0) is 23.3 Å². The normalized spacial score (nSPS) is 14.1. The summed E-state index contributed by atoms with van der Waals surface area (Å²) in [4.78, 5) is 2.23. The van der Waals surface area contributed by atoms with Gasteiger partial charge >= 0.3 is 0 Å². The fraction of sp³-hybridized carbons (Fsp3) is 0.200. The summed E-state index contributed by atoms with van der Waals surface area (Å²) in [6.45, 7) is 1.72. The molecule has 86 valence electrons. The highest BCUT2D eigenvalue weighted by Gasteiger charge is 2.15. The Balaban J connectivity index is 2.04. The number of anilines is 1. The molecule has 0 spiro atoms. The van der Waals surface area contributed by atoms with Gasteiger partial charge in [0.15, 0.2) is 0 Å². The highest BCUT2D eigenvalue weighted by molar-refractivity contribution is 5.71. The molecule has 3 rings (SSSR count). The Bertz CT molecular complexity index is 522. The third-order valence-corrected chi connectivity index (χ3v) is 3.16. The van der Waals surface area contributed by atoms with Gasteiger partial charge < -0.3 is 9.64 Å². The minimum absolute atomic E-state index is 0.766. The molecule has 1 aliphatic rings. The molecule has 17 heavy (non-hydrogen) atoms. The highest BCUT2D eigenvalue weighted by Crippen LogP contribution is 2.34. The van der Waals surface area contributed by atoms with Crippen molar-refractivity contribution in [2.24, 2.45) is 0 Å². The molecule has 0 saturated heterocycles. The lowest BCUT2D eigenvalue weighted by molar-refractivity contribution is 0.311. The molecule has 2 aromatic carbocycles. The summed E-state index contributed by atoms with van der Waals surface area (Å²) in [7, 11) is 2.10. The molecule has 0 unspecified atom stereocenters. The number of hydrogen-bond donors (Lipinski definition) is 0. The molecule has 2 aromatic rings. The molecule has 2 nitrogen and oxygen atoms in total. The maximum atomic E-state index is 5.71. The maximum Gasteiger partial charge on any atom is 0.143 e. The van der Waals surface area contributed by atoms with E-state index in [4.69, 9.17) is 4.74 Å². The lowest BCUT2D eigenvalue weighted by Gasteiger charge is -2.28. The monoisotopic (exact) mass is 225 g/mol. The first-order valence-corrected chi connectivity index (χ1v) is 5.88. The van der Waals surface area contributed by atoms with Crippen LogP contribution in [0.25, 0.3) is 11.1 Å². The summed E-state index contributed by atoms with van der Waals surface area (Å²) in [5.41, 5.74) is 3.61. The van der Waals surface area contributed by atoms with E-state index < -0.39 is 0 Å². The highest BCUT2D eigenvalue weighted by atomic mass is 16.5. The van der Waals surface area contributed by atoms with Gasteiger partial charge in [-0.15, -0.1) is 0 Å². The number of likely N-dealkylation sites (N-methyl/N-ethyl adjacent to an activating group) is 1. The second-order valence-electron chi connectivity index (χ2n) is 4.32. The van der Waals surface area contributed by atoms with E-state index in [1.807, 2.05) is 6.07 Å². The molecule has 1 aliphatic heterocycles. The van der Waals surface area contributed by atoms with Crippen LogP contribution in [0.4, 0.5) is 5.69 Å². The third-order valence-electron chi connectivity index (χ3n) is 3.16. The van der Waals surface area contributed by atoms with Crippen LogP contribution in [0.2, 0.25) is 0 Å². The van der Waals surface area contributed by atoms with Gasteiger partial charge in [0, 0.05) is 7.05 Å². The minimum atomic E-state index is 0.766. The number of nitrogens with zero attached hydrogens (tertiary/aromatic N) is 1. The smallest absolute Gasteiger partial charge is 0.143 e. The summed E-state index contributed by atoms with van der Waals surface area (Å²) >= 11 is 0. The predicted molar refractivity (Wildman–Crippen MR) is 70.6 cm³/mol. The average molecular weight is 225 g/mol. The molecule has 0 bridgehead atoms. The fourth-order valence-electron chi connectivity index (χ4n) is 2.17. The van der Waals surface area contributed by atoms with Crippen molar-refractivity contribution in [2.75, 3.05) is 25.1 Å². The Morgan fingerprint density at radius 1 is 1.00 bits per heavy atom. The first kappa shape index (κ1) is 10.2. The molecule has 0 saturated carbocycles. The van der Waals surface area contributed by atoms with Gasteiger partial charge in [0.25, 0.3) is 0 Å². The fourth-order valence-corrected chi connectivity index (χ4v) is 2.17. The standard InChI is InChI=1S/C15H15NO/c1-16-9-10-17-15-11-13(7-8-14(15)16)12-5-3-2-4-6-12/h2-8,11H,9-10H2,1H3. The van der Waals surface area contributed by atoms with Gasteiger partial charge in [-0.25, -0.2) is 0 Å². The molecule has 2 heteroatoms. The van der Waals surface area contributed by atoms with Gasteiger partial charge in [-0.1, -0.05) is 36.4 Å². The van der Waals surface area contributed by atoms with E-state index in [0.717, 1.165) is 18.9 Å². The van der Waals surface area contributed by atoms with Crippen molar-refractivity contribution in [3.63, 3.8) is 0 Å². The minimum Gasteiger partial charge on any atom is -0.490 e. The molecule has 0 N–H and O–H groups in total. The van der Waals surface area contributed by atoms with Crippen molar-refractivity contribution in [1.82, 2.24) is 0 Å². The molecule has 0 atom stereocenters. The van der Waals surface area contributed by atoms with Crippen molar-refractivity contribution in [3.05, 3.63) is 48.5 Å². The van der Waals surface area contributed by atoms with E-state index in [2.05, 4.69) is 54.4 Å². The molecule has 0 amide bonds. The maximum absolute atomic E-state index is 5.71. The summed E-state index contributed by atoms with van der Waals surface area (Å²) in [6, 6.07) is 16.8. The number of hydrogen-bond acceptors (Lipinski definition) is 2. The van der Waals surface area contributed by atoms with Crippen molar-refractivity contribution in [3.8, 4) is 16.9 Å². The Hall–Kier alpha value is -1.96. The van der Waals surface area contributed by atoms with Crippen LogP contribution in [0.15, 0.2) is 48.5 Å². The number of fused-ring (bicyclic) bond motifs is 1. The lowest BCUT2D eigenvalue weighted by Crippen LogP contribution is -2.28. The zero-order valence-corrected chi connectivity index (χ0v) is 9.89. The largest absolute Gasteiger partial charge is 0.490 e. The van der Waals surface area contributed by atoms with Crippen LogP contribution < -0.4 is 9.64 Å². The van der Waals surface area contributed by atoms with E-state index in [1.165, 1.54) is 16.8 Å². The molecular weight excluding hydrogens is 210 g/mol. The van der Waals surface area contributed by atoms with Crippen molar-refractivity contribution in [2.45, 2.75) is 0 Å². The van der Waals surface area contributed by atoms with Crippen molar-refractivity contribution in [1.29, 1.82) is 0 Å². The molecule has 0 radical (unpaired) electrons. The Morgan fingerprint density at radius 2 is 1.82 bits per heavy atom. The first-order valence-electron chi connectivity index (χ1n) is 5.88. The van der Waals surface area contributed by atoms with E-state index in [0.29, 0.717) is 0 Å². The number of benzene rings is 2. The second kappa shape index (κ2) is 4.13. The van der Waals surface area contributed by atoms with Gasteiger partial charge in [-0.3, -0.25) is 0 Å². The van der Waals surface area contributed by atoms with Crippen LogP contribution in [0.5, 0.6) is 5.75 Å². The van der Waals surface area contributed by atoms with Crippen LogP contribution in [-0.4, -0.2) is 20.2 Å². The topological polar surface area (TPSA) is 12.5 Å². The Morgan fingerprint density at radius 3 is 2.65 bits per heavy atom. The molecular formula is C15H15NO. The van der Waals surface area contributed by atoms with Crippen LogP contribution in [0, 0.1) is 0 Å². The van der Waals surface area contributed by atoms with Crippen LogP contribution in [0.1, 0.15) is 0 Å². The summed E-state index contributed by atoms with van der Waals surface area (Å²) in [6.07, 6.45) is 0. The van der Waals surface area contributed by atoms with Crippen LogP contribution in [-0.2, 0) is 0 Å². The second-order valence-corrected chi connectivity index (χ2v) is 4.32. The van der Waals surface area contributed by atoms with E-state index in [-0.39, 0.29) is 0 Å². The summed E-state index contributed by atoms with van der Waals surface area (Å²) in [5.74, 6) is 0.986. The Labute approximate surface area is 101 Å². The van der Waals surface area contributed by atoms with E-state index >= 15 is 0 Å². The molecule has 0 aliphatic carbocycles. The molecule has 1 heterocycles. The zero-order valence-electron chi connectivity index (χ0n) is 9.89. The number of rotatable bonds is 1. The summed E-state index contributed by atoms with van der Waals surface area (Å²) < 4.78 is 5.71. The molecule has 0 fully saturated rings.